The van der Waals surface area contributed by atoms with E-state index in [1.165, 1.54) is 6.33 Å². The Bertz CT molecular complexity index is 564. The number of hydrogen-bond donors (Lipinski definition) is 3. The first-order valence-corrected chi connectivity index (χ1v) is 6.15. The molecule has 2 rings (SSSR count). The van der Waals surface area contributed by atoms with E-state index in [1.54, 1.807) is 0 Å². The molecule has 4 N–H and O–H groups in total. The highest BCUT2D eigenvalue weighted by atomic mass is 35.5. The van der Waals surface area contributed by atoms with Gasteiger partial charge in [0.2, 0.25) is 0 Å². The molecule has 0 saturated carbocycles. The second-order valence-corrected chi connectivity index (χ2v) is 4.77. The molecular weight excluding hydrogens is 264 g/mol. The molecule has 0 spiro atoms. The maximum atomic E-state index is 9.68. The molecule has 2 aromatic rings. The lowest BCUT2D eigenvalue weighted by Gasteiger charge is -2.30. The molecule has 1 aromatic heterocycles. The second kappa shape index (κ2) is 5.42. The van der Waals surface area contributed by atoms with E-state index in [4.69, 9.17) is 17.3 Å². The third kappa shape index (κ3) is 2.77. The number of hydrogen-bond acceptors (Lipinski definition) is 5. The summed E-state index contributed by atoms with van der Waals surface area (Å²) in [5.41, 5.74) is 6.31. The SMILES string of the molecule is CC(CO)(Nc1ncnc(Cl)c1N)c1ccccc1. The average Bonchev–Trinajstić information content (AvgIpc) is 2.45. The summed E-state index contributed by atoms with van der Waals surface area (Å²) in [7, 11) is 0. The molecule has 1 aromatic carbocycles. The van der Waals surface area contributed by atoms with Crippen LogP contribution >= 0.6 is 11.6 Å². The van der Waals surface area contributed by atoms with Crippen LogP contribution in [0.25, 0.3) is 0 Å². The molecule has 0 bridgehead atoms. The van der Waals surface area contributed by atoms with Crippen molar-refractivity contribution < 1.29 is 5.11 Å². The zero-order chi connectivity index (χ0) is 13.9. The first-order chi connectivity index (χ1) is 9.07. The molecule has 5 nitrogen and oxygen atoms in total. The average molecular weight is 279 g/mol. The predicted molar refractivity (Wildman–Crippen MR) is 76.0 cm³/mol. The molecule has 0 aliphatic carbocycles. The highest BCUT2D eigenvalue weighted by Crippen LogP contribution is 2.29. The van der Waals surface area contributed by atoms with Crippen molar-refractivity contribution in [1.82, 2.24) is 9.97 Å². The van der Waals surface area contributed by atoms with E-state index in [2.05, 4.69) is 15.3 Å². The van der Waals surface area contributed by atoms with E-state index in [0.717, 1.165) is 5.56 Å². The largest absolute Gasteiger partial charge is 0.394 e. The van der Waals surface area contributed by atoms with Crippen molar-refractivity contribution in [2.24, 2.45) is 0 Å². The lowest BCUT2D eigenvalue weighted by Crippen LogP contribution is -2.36. The fourth-order valence-corrected chi connectivity index (χ4v) is 1.88. The molecule has 19 heavy (non-hydrogen) atoms. The van der Waals surface area contributed by atoms with Gasteiger partial charge in [0.15, 0.2) is 11.0 Å². The van der Waals surface area contributed by atoms with Crippen LogP contribution in [0.3, 0.4) is 0 Å². The number of nitrogens with one attached hydrogen (secondary N) is 1. The van der Waals surface area contributed by atoms with Crippen molar-refractivity contribution in [2.45, 2.75) is 12.5 Å². The van der Waals surface area contributed by atoms with E-state index in [1.807, 2.05) is 37.3 Å². The number of aliphatic hydroxyl groups is 1. The Morgan fingerprint density at radius 1 is 1.32 bits per heavy atom. The third-order valence-electron chi connectivity index (χ3n) is 2.96. The zero-order valence-electron chi connectivity index (χ0n) is 10.5. The Balaban J connectivity index is 2.36. The standard InChI is InChI=1S/C13H15ClN4O/c1-13(7-19,9-5-3-2-4-6-9)18-12-10(15)11(14)16-8-17-12/h2-6,8,19H,7,15H2,1H3,(H,16,17,18). The Labute approximate surface area is 116 Å². The summed E-state index contributed by atoms with van der Waals surface area (Å²) in [6.07, 6.45) is 1.32. The van der Waals surface area contributed by atoms with E-state index in [-0.39, 0.29) is 17.4 Å². The molecule has 0 amide bonds. The highest BCUT2D eigenvalue weighted by molar-refractivity contribution is 6.32. The smallest absolute Gasteiger partial charge is 0.157 e. The minimum atomic E-state index is -0.701. The maximum absolute atomic E-state index is 9.68. The molecule has 6 heteroatoms. The van der Waals surface area contributed by atoms with Gasteiger partial charge in [-0.3, -0.25) is 0 Å². The van der Waals surface area contributed by atoms with Gasteiger partial charge in [0.05, 0.1) is 12.1 Å². The number of rotatable bonds is 4. The summed E-state index contributed by atoms with van der Waals surface area (Å²) in [5.74, 6) is 0.403. The Kier molecular flexibility index (Phi) is 3.87. The number of aromatic nitrogens is 2. The van der Waals surface area contributed by atoms with E-state index in [0.29, 0.717) is 5.82 Å². The number of nitrogens with zero attached hydrogens (tertiary/aromatic N) is 2. The van der Waals surface area contributed by atoms with Crippen molar-refractivity contribution in [3.8, 4) is 0 Å². The lowest BCUT2D eigenvalue weighted by molar-refractivity contribution is 0.224. The summed E-state index contributed by atoms with van der Waals surface area (Å²) >= 11 is 5.85. The Morgan fingerprint density at radius 2 is 2.00 bits per heavy atom. The molecular formula is C13H15ClN4O. The summed E-state index contributed by atoms with van der Waals surface area (Å²) in [5, 5.41) is 13.0. The van der Waals surface area contributed by atoms with Gasteiger partial charge >= 0.3 is 0 Å². The van der Waals surface area contributed by atoms with E-state index < -0.39 is 5.54 Å². The van der Waals surface area contributed by atoms with Gasteiger partial charge in [0, 0.05) is 0 Å². The van der Waals surface area contributed by atoms with Crippen molar-refractivity contribution in [3.05, 3.63) is 47.4 Å². The summed E-state index contributed by atoms with van der Waals surface area (Å²) in [6, 6.07) is 9.56. The Morgan fingerprint density at radius 3 is 2.63 bits per heavy atom. The molecule has 1 unspecified atom stereocenters. The Hall–Kier alpha value is -1.85. The fraction of sp³-hybridized carbons (Fsp3) is 0.231. The van der Waals surface area contributed by atoms with Crippen LogP contribution in [0, 0.1) is 0 Å². The summed E-state index contributed by atoms with van der Waals surface area (Å²) in [6.45, 7) is 1.75. The molecule has 1 heterocycles. The van der Waals surface area contributed by atoms with Gasteiger partial charge in [0.1, 0.15) is 12.0 Å². The molecule has 0 aliphatic heterocycles. The first kappa shape index (κ1) is 13.6. The predicted octanol–water partition coefficient (Wildman–Crippen LogP) is 2.03. The monoisotopic (exact) mass is 278 g/mol. The van der Waals surface area contributed by atoms with Gasteiger partial charge in [-0.25, -0.2) is 9.97 Å². The van der Waals surface area contributed by atoms with Crippen LogP contribution in [-0.2, 0) is 5.54 Å². The van der Waals surface area contributed by atoms with Gasteiger partial charge in [-0.2, -0.15) is 0 Å². The molecule has 0 radical (unpaired) electrons. The van der Waals surface area contributed by atoms with Gasteiger partial charge < -0.3 is 16.2 Å². The number of aliphatic hydroxyl groups excluding tert-OH is 1. The van der Waals surface area contributed by atoms with Crippen LogP contribution in [0.15, 0.2) is 36.7 Å². The number of halogens is 1. The van der Waals surface area contributed by atoms with Crippen LogP contribution in [0.5, 0.6) is 0 Å². The summed E-state index contributed by atoms with van der Waals surface area (Å²) < 4.78 is 0. The van der Waals surface area contributed by atoms with E-state index >= 15 is 0 Å². The van der Waals surface area contributed by atoms with Gasteiger partial charge in [-0.1, -0.05) is 41.9 Å². The van der Waals surface area contributed by atoms with Crippen molar-refractivity contribution in [1.29, 1.82) is 0 Å². The molecule has 0 aliphatic rings. The molecule has 1 atom stereocenters. The van der Waals surface area contributed by atoms with Crippen molar-refractivity contribution in [3.63, 3.8) is 0 Å². The lowest BCUT2D eigenvalue weighted by atomic mass is 9.93. The van der Waals surface area contributed by atoms with Gasteiger partial charge in [-0.05, 0) is 12.5 Å². The second-order valence-electron chi connectivity index (χ2n) is 4.41. The van der Waals surface area contributed by atoms with Crippen LogP contribution in [0.2, 0.25) is 5.15 Å². The first-order valence-electron chi connectivity index (χ1n) is 5.77. The van der Waals surface area contributed by atoms with Crippen LogP contribution in [0.4, 0.5) is 11.5 Å². The highest BCUT2D eigenvalue weighted by Gasteiger charge is 2.27. The normalized spacial score (nSPS) is 13.8. The van der Waals surface area contributed by atoms with Crippen molar-refractivity contribution >= 4 is 23.1 Å². The topological polar surface area (TPSA) is 84.1 Å². The number of anilines is 2. The van der Waals surface area contributed by atoms with Gasteiger partial charge in [0.25, 0.3) is 0 Å². The number of nitrogens with two attached hydrogens (primary N) is 1. The van der Waals surface area contributed by atoms with Crippen molar-refractivity contribution in [2.75, 3.05) is 17.7 Å². The van der Waals surface area contributed by atoms with Crippen LogP contribution in [0.1, 0.15) is 12.5 Å². The number of benzene rings is 1. The zero-order valence-corrected chi connectivity index (χ0v) is 11.2. The fourth-order valence-electron chi connectivity index (χ4n) is 1.74. The minimum absolute atomic E-state index is 0.113. The summed E-state index contributed by atoms with van der Waals surface area (Å²) in [4.78, 5) is 7.85. The van der Waals surface area contributed by atoms with Crippen LogP contribution < -0.4 is 11.1 Å². The van der Waals surface area contributed by atoms with Crippen LogP contribution in [-0.4, -0.2) is 21.7 Å². The number of nitrogen functional groups attached to an aromatic ring is 1. The van der Waals surface area contributed by atoms with E-state index in [9.17, 15) is 5.11 Å². The van der Waals surface area contributed by atoms with Gasteiger partial charge in [-0.15, -0.1) is 0 Å². The quantitative estimate of drug-likeness (QED) is 0.745. The molecule has 100 valence electrons. The third-order valence-corrected chi connectivity index (χ3v) is 3.26. The maximum Gasteiger partial charge on any atom is 0.157 e. The molecule has 0 saturated heterocycles. The molecule has 0 fully saturated rings. The minimum Gasteiger partial charge on any atom is -0.394 e.